The summed E-state index contributed by atoms with van der Waals surface area (Å²) in [5, 5.41) is 17.0. The lowest BCUT2D eigenvalue weighted by Crippen LogP contribution is -2.06. The summed E-state index contributed by atoms with van der Waals surface area (Å²) in [5.41, 5.74) is 2.01. The number of benzene rings is 1. The van der Waals surface area contributed by atoms with E-state index in [1.165, 1.54) is 16.8 Å². The molecule has 2 aromatic heterocycles. The third-order valence-electron chi connectivity index (χ3n) is 3.55. The van der Waals surface area contributed by atoms with Gasteiger partial charge in [0.25, 0.3) is 0 Å². The van der Waals surface area contributed by atoms with Gasteiger partial charge in [0.2, 0.25) is 5.95 Å². The molecule has 0 radical (unpaired) electrons. The van der Waals surface area contributed by atoms with E-state index in [9.17, 15) is 4.39 Å². The Balaban J connectivity index is 1.98. The van der Waals surface area contributed by atoms with Crippen LogP contribution in [-0.4, -0.2) is 39.1 Å². The van der Waals surface area contributed by atoms with Gasteiger partial charge in [0.05, 0.1) is 22.6 Å². The highest BCUT2D eigenvalue weighted by atomic mass is 35.5. The number of nitrogens with one attached hydrogen (secondary N) is 3. The minimum absolute atomic E-state index is 0.105. The molecule has 0 saturated carbocycles. The molecule has 0 aliphatic rings. The standard InChI is InChI=1S/C16H18ClFN8/c1-9-6-13(20-3)23-16(21-9)22-12-5-4-11(18)15(14(12)17)26-8-10(7-19-2)24-25-26/h4-6,8,19H,7H2,1-3H3,(H2,20,21,22,23). The van der Waals surface area contributed by atoms with E-state index in [-0.39, 0.29) is 10.7 Å². The number of hydrogen-bond acceptors (Lipinski definition) is 7. The van der Waals surface area contributed by atoms with E-state index in [1.54, 1.807) is 20.3 Å². The minimum Gasteiger partial charge on any atom is -0.373 e. The Morgan fingerprint density at radius 3 is 2.77 bits per heavy atom. The number of rotatable bonds is 6. The topological polar surface area (TPSA) is 92.6 Å². The molecule has 0 bridgehead atoms. The summed E-state index contributed by atoms with van der Waals surface area (Å²) >= 11 is 6.42. The smallest absolute Gasteiger partial charge is 0.229 e. The molecule has 2 heterocycles. The third-order valence-corrected chi connectivity index (χ3v) is 3.93. The van der Waals surface area contributed by atoms with E-state index in [0.29, 0.717) is 29.7 Å². The first-order chi connectivity index (χ1) is 12.5. The molecule has 8 nitrogen and oxygen atoms in total. The summed E-state index contributed by atoms with van der Waals surface area (Å²) in [6, 6.07) is 4.64. The van der Waals surface area contributed by atoms with Crippen molar-refractivity contribution in [2.45, 2.75) is 13.5 Å². The summed E-state index contributed by atoms with van der Waals surface area (Å²) in [6.45, 7) is 2.37. The lowest BCUT2D eigenvalue weighted by molar-refractivity contribution is 0.607. The first kappa shape index (κ1) is 18.0. The molecule has 26 heavy (non-hydrogen) atoms. The van der Waals surface area contributed by atoms with Crippen LogP contribution in [0.15, 0.2) is 24.4 Å². The van der Waals surface area contributed by atoms with Crippen LogP contribution in [0.3, 0.4) is 0 Å². The van der Waals surface area contributed by atoms with Crippen molar-refractivity contribution in [2.24, 2.45) is 0 Å². The summed E-state index contributed by atoms with van der Waals surface area (Å²) in [5.74, 6) is 0.497. The van der Waals surface area contributed by atoms with Crippen molar-refractivity contribution in [1.82, 2.24) is 30.3 Å². The van der Waals surface area contributed by atoms with Crippen LogP contribution in [0.1, 0.15) is 11.4 Å². The minimum atomic E-state index is -0.512. The van der Waals surface area contributed by atoms with Gasteiger partial charge in [-0.2, -0.15) is 4.98 Å². The average Bonchev–Trinajstić information content (AvgIpc) is 3.05. The molecule has 0 saturated heterocycles. The van der Waals surface area contributed by atoms with Crippen molar-refractivity contribution >= 4 is 29.1 Å². The number of hydrogen-bond donors (Lipinski definition) is 3. The summed E-state index contributed by atoms with van der Waals surface area (Å²) in [7, 11) is 3.56. The maximum Gasteiger partial charge on any atom is 0.229 e. The van der Waals surface area contributed by atoms with Gasteiger partial charge in [0.1, 0.15) is 11.5 Å². The molecule has 0 aliphatic carbocycles. The first-order valence-corrected chi connectivity index (χ1v) is 8.24. The Hall–Kier alpha value is -2.78. The van der Waals surface area contributed by atoms with Gasteiger partial charge in [-0.1, -0.05) is 16.8 Å². The number of nitrogens with zero attached hydrogens (tertiary/aromatic N) is 5. The lowest BCUT2D eigenvalue weighted by Gasteiger charge is -2.12. The van der Waals surface area contributed by atoms with Crippen LogP contribution in [-0.2, 0) is 6.54 Å². The fraction of sp³-hybridized carbons (Fsp3) is 0.250. The van der Waals surface area contributed by atoms with Crippen LogP contribution >= 0.6 is 11.6 Å². The predicted octanol–water partition coefficient (Wildman–Crippen LogP) is 2.66. The highest BCUT2D eigenvalue weighted by Gasteiger charge is 2.17. The average molecular weight is 377 g/mol. The third kappa shape index (κ3) is 3.73. The van der Waals surface area contributed by atoms with Crippen molar-refractivity contribution < 1.29 is 4.39 Å². The van der Waals surface area contributed by atoms with Crippen LogP contribution in [0.2, 0.25) is 5.02 Å². The van der Waals surface area contributed by atoms with Crippen molar-refractivity contribution in [1.29, 1.82) is 0 Å². The zero-order valence-corrected chi connectivity index (χ0v) is 15.3. The molecule has 3 N–H and O–H groups in total. The van der Waals surface area contributed by atoms with E-state index >= 15 is 0 Å². The molecule has 0 fully saturated rings. The maximum atomic E-state index is 14.4. The van der Waals surface area contributed by atoms with Gasteiger partial charge < -0.3 is 16.0 Å². The van der Waals surface area contributed by atoms with Crippen LogP contribution in [0.5, 0.6) is 0 Å². The molecule has 10 heteroatoms. The van der Waals surface area contributed by atoms with Crippen molar-refractivity contribution in [3.8, 4) is 5.69 Å². The molecule has 1 aromatic carbocycles. The molecule has 3 rings (SSSR count). The largest absolute Gasteiger partial charge is 0.373 e. The Bertz CT molecular complexity index is 927. The summed E-state index contributed by atoms with van der Waals surface area (Å²) in [4.78, 5) is 8.63. The molecule has 0 aliphatic heterocycles. The summed E-state index contributed by atoms with van der Waals surface area (Å²) in [6.07, 6.45) is 1.62. The Morgan fingerprint density at radius 1 is 1.23 bits per heavy atom. The van der Waals surface area contributed by atoms with Crippen molar-refractivity contribution in [2.75, 3.05) is 24.7 Å². The second-order valence-electron chi connectivity index (χ2n) is 5.54. The highest BCUT2D eigenvalue weighted by molar-refractivity contribution is 6.35. The summed E-state index contributed by atoms with van der Waals surface area (Å²) < 4.78 is 15.7. The monoisotopic (exact) mass is 376 g/mol. The van der Waals surface area contributed by atoms with Gasteiger partial charge in [-0.15, -0.1) is 5.10 Å². The second-order valence-corrected chi connectivity index (χ2v) is 5.91. The second kappa shape index (κ2) is 7.63. The molecule has 0 amide bonds. The van der Waals surface area contributed by atoms with Gasteiger partial charge in [-0.05, 0) is 26.1 Å². The number of aryl methyl sites for hydroxylation is 1. The zero-order chi connectivity index (χ0) is 18.7. The Labute approximate surface area is 154 Å². The van der Waals surface area contributed by atoms with Crippen LogP contribution in [0, 0.1) is 12.7 Å². The van der Waals surface area contributed by atoms with E-state index in [1.807, 2.05) is 13.0 Å². The number of halogens is 2. The van der Waals surface area contributed by atoms with E-state index in [4.69, 9.17) is 11.6 Å². The molecule has 0 atom stereocenters. The Morgan fingerprint density at radius 2 is 2.04 bits per heavy atom. The molecule has 3 aromatic rings. The molecule has 136 valence electrons. The van der Waals surface area contributed by atoms with E-state index in [0.717, 1.165) is 5.69 Å². The normalized spacial score (nSPS) is 10.8. The fourth-order valence-corrected chi connectivity index (χ4v) is 2.68. The van der Waals surface area contributed by atoms with Gasteiger partial charge in [-0.3, -0.25) is 0 Å². The van der Waals surface area contributed by atoms with Gasteiger partial charge >= 0.3 is 0 Å². The van der Waals surface area contributed by atoms with Gasteiger partial charge in [0, 0.05) is 25.4 Å². The maximum absolute atomic E-state index is 14.4. The van der Waals surface area contributed by atoms with Crippen molar-refractivity contribution in [3.05, 3.63) is 46.6 Å². The SMILES string of the molecule is CNCc1cn(-c2c(F)ccc(Nc3nc(C)cc(NC)n3)c2Cl)nn1. The van der Waals surface area contributed by atoms with Crippen molar-refractivity contribution in [3.63, 3.8) is 0 Å². The first-order valence-electron chi connectivity index (χ1n) is 7.86. The van der Waals surface area contributed by atoms with Crippen LogP contribution < -0.4 is 16.0 Å². The molecule has 0 unspecified atom stereocenters. The Kier molecular flexibility index (Phi) is 5.29. The lowest BCUT2D eigenvalue weighted by atomic mass is 10.2. The zero-order valence-electron chi connectivity index (χ0n) is 14.5. The quantitative estimate of drug-likeness (QED) is 0.609. The molecular formula is C16H18ClFN8. The van der Waals surface area contributed by atoms with Crippen LogP contribution in [0.4, 0.5) is 21.8 Å². The fourth-order valence-electron chi connectivity index (χ4n) is 2.39. The van der Waals surface area contributed by atoms with Gasteiger partial charge in [0.15, 0.2) is 5.82 Å². The van der Waals surface area contributed by atoms with E-state index < -0.39 is 5.82 Å². The highest BCUT2D eigenvalue weighted by Crippen LogP contribution is 2.32. The number of anilines is 3. The van der Waals surface area contributed by atoms with Gasteiger partial charge in [-0.25, -0.2) is 14.1 Å². The predicted molar refractivity (Wildman–Crippen MR) is 98.7 cm³/mol. The van der Waals surface area contributed by atoms with E-state index in [2.05, 4.69) is 36.2 Å². The molecular weight excluding hydrogens is 359 g/mol. The number of aromatic nitrogens is 5. The van der Waals surface area contributed by atoms with Crippen LogP contribution in [0.25, 0.3) is 5.69 Å². The molecule has 0 spiro atoms.